The van der Waals surface area contributed by atoms with Crippen molar-refractivity contribution in [2.75, 3.05) is 18.8 Å². The number of hydrogen-bond acceptors (Lipinski definition) is 5. The van der Waals surface area contributed by atoms with Crippen LogP contribution in [0.4, 0.5) is 4.79 Å². The molecule has 0 saturated heterocycles. The van der Waals surface area contributed by atoms with Crippen molar-refractivity contribution >= 4 is 28.9 Å². The quantitative estimate of drug-likeness (QED) is 0.691. The number of rotatable bonds is 8. The number of benzene rings is 1. The molecule has 7 heteroatoms. The third-order valence-corrected chi connectivity index (χ3v) is 4.39. The van der Waals surface area contributed by atoms with Gasteiger partial charge in [-0.2, -0.15) is 0 Å². The molecule has 1 rings (SSSR count). The smallest absolute Gasteiger partial charge is 0.407 e. The minimum absolute atomic E-state index is 0.101. The number of alkyl carbamates (subject to hydrolysis) is 1. The molecule has 0 spiro atoms. The fourth-order valence-corrected chi connectivity index (χ4v) is 2.51. The monoisotopic (exact) mass is 366 g/mol. The Labute approximate surface area is 153 Å². The molecule has 0 bridgehead atoms. The van der Waals surface area contributed by atoms with Crippen molar-refractivity contribution in [2.45, 2.75) is 33.8 Å². The van der Waals surface area contributed by atoms with Crippen molar-refractivity contribution in [3.05, 3.63) is 35.9 Å². The summed E-state index contributed by atoms with van der Waals surface area (Å²) >= 11 is 1.22. The molecule has 1 aromatic rings. The van der Waals surface area contributed by atoms with E-state index in [1.807, 2.05) is 51.1 Å². The van der Waals surface area contributed by atoms with Crippen LogP contribution in [0, 0.1) is 5.41 Å². The average molecular weight is 366 g/mol. The van der Waals surface area contributed by atoms with Crippen LogP contribution in [0.1, 0.15) is 32.8 Å². The Hall–Kier alpha value is -2.02. The number of thioether (sulfide) groups is 1. The van der Waals surface area contributed by atoms with Crippen molar-refractivity contribution in [1.29, 1.82) is 0 Å². The van der Waals surface area contributed by atoms with Crippen LogP contribution in [0.15, 0.2) is 30.3 Å². The standard InChI is InChI=1S/C18H26N2O4S/c1-18(2,3)16(22)25-12-11-19-15(21)9-10-20-17(23)24-13-14-7-5-4-6-8-14/h4-8H,9-13H2,1-3H3,(H,19,21)(H,20,23). The van der Waals surface area contributed by atoms with Crippen molar-refractivity contribution < 1.29 is 19.1 Å². The Kier molecular flexibility index (Phi) is 9.05. The van der Waals surface area contributed by atoms with Crippen molar-refractivity contribution in [3.63, 3.8) is 0 Å². The van der Waals surface area contributed by atoms with Gasteiger partial charge in [0.05, 0.1) is 0 Å². The van der Waals surface area contributed by atoms with Crippen LogP contribution >= 0.6 is 11.8 Å². The van der Waals surface area contributed by atoms with Crippen LogP contribution in [0.5, 0.6) is 0 Å². The average Bonchev–Trinajstić information content (AvgIpc) is 2.56. The molecule has 0 radical (unpaired) electrons. The zero-order valence-electron chi connectivity index (χ0n) is 15.0. The number of ether oxygens (including phenoxy) is 1. The van der Waals surface area contributed by atoms with Gasteiger partial charge in [-0.1, -0.05) is 62.9 Å². The SMILES string of the molecule is CC(C)(C)C(=O)SCCNC(=O)CCNC(=O)OCc1ccccc1. The second-order valence-corrected chi connectivity index (χ2v) is 7.54. The van der Waals surface area contributed by atoms with Crippen LogP contribution < -0.4 is 10.6 Å². The molecule has 0 saturated carbocycles. The lowest BCUT2D eigenvalue weighted by Gasteiger charge is -2.15. The van der Waals surface area contributed by atoms with Gasteiger partial charge in [-0.3, -0.25) is 9.59 Å². The number of nitrogens with one attached hydrogen (secondary N) is 2. The maximum Gasteiger partial charge on any atom is 0.407 e. The van der Waals surface area contributed by atoms with Crippen LogP contribution in [0.3, 0.4) is 0 Å². The lowest BCUT2D eigenvalue weighted by molar-refractivity contribution is -0.121. The first-order valence-corrected chi connectivity index (χ1v) is 9.16. The fraction of sp³-hybridized carbons (Fsp3) is 0.500. The van der Waals surface area contributed by atoms with E-state index in [0.717, 1.165) is 5.56 Å². The summed E-state index contributed by atoms with van der Waals surface area (Å²) in [4.78, 5) is 34.9. The largest absolute Gasteiger partial charge is 0.445 e. The van der Waals surface area contributed by atoms with Crippen molar-refractivity contribution in [3.8, 4) is 0 Å². The second kappa shape index (κ2) is 10.8. The van der Waals surface area contributed by atoms with Gasteiger partial charge in [0, 0.05) is 30.7 Å². The molecule has 0 aromatic heterocycles. The highest BCUT2D eigenvalue weighted by molar-refractivity contribution is 8.13. The molecule has 0 atom stereocenters. The summed E-state index contributed by atoms with van der Waals surface area (Å²) in [6.45, 7) is 6.41. The highest BCUT2D eigenvalue weighted by Crippen LogP contribution is 2.22. The van der Waals surface area contributed by atoms with Crippen molar-refractivity contribution in [2.24, 2.45) is 5.41 Å². The molecule has 0 aliphatic carbocycles. The van der Waals surface area contributed by atoms with E-state index in [1.165, 1.54) is 11.8 Å². The van der Waals surface area contributed by atoms with E-state index < -0.39 is 6.09 Å². The molecule has 0 fully saturated rings. The van der Waals surface area contributed by atoms with Gasteiger partial charge >= 0.3 is 6.09 Å². The normalized spacial score (nSPS) is 10.8. The molecule has 138 valence electrons. The van der Waals surface area contributed by atoms with Gasteiger partial charge in [0.15, 0.2) is 5.12 Å². The van der Waals surface area contributed by atoms with Gasteiger partial charge in [-0.05, 0) is 5.56 Å². The van der Waals surface area contributed by atoms with Crippen molar-refractivity contribution in [1.82, 2.24) is 10.6 Å². The highest BCUT2D eigenvalue weighted by Gasteiger charge is 2.21. The molecular weight excluding hydrogens is 340 g/mol. The summed E-state index contributed by atoms with van der Waals surface area (Å²) in [5, 5.41) is 5.35. The van der Waals surface area contributed by atoms with E-state index in [0.29, 0.717) is 12.3 Å². The summed E-state index contributed by atoms with van der Waals surface area (Å²) in [5.74, 6) is 0.362. The van der Waals surface area contributed by atoms with Crippen LogP contribution in [-0.2, 0) is 20.9 Å². The third kappa shape index (κ3) is 9.76. The number of hydrogen-bond donors (Lipinski definition) is 2. The zero-order chi connectivity index (χ0) is 18.7. The summed E-state index contributed by atoms with van der Waals surface area (Å²) < 4.78 is 5.04. The first-order chi connectivity index (χ1) is 11.8. The maximum atomic E-state index is 11.7. The third-order valence-electron chi connectivity index (χ3n) is 3.10. The van der Waals surface area contributed by atoms with Crippen LogP contribution in [-0.4, -0.2) is 36.0 Å². The number of carbonyl (C=O) groups is 3. The van der Waals surface area contributed by atoms with E-state index in [9.17, 15) is 14.4 Å². The Bertz CT molecular complexity index is 570. The van der Waals surface area contributed by atoms with Crippen LogP contribution in [0.25, 0.3) is 0 Å². The topological polar surface area (TPSA) is 84.5 Å². The lowest BCUT2D eigenvalue weighted by Crippen LogP contribution is -2.32. The minimum Gasteiger partial charge on any atom is -0.445 e. The van der Waals surface area contributed by atoms with Gasteiger partial charge in [0.2, 0.25) is 5.91 Å². The molecule has 6 nitrogen and oxygen atoms in total. The molecule has 1 aromatic carbocycles. The first kappa shape index (κ1) is 21.0. The summed E-state index contributed by atoms with van der Waals surface area (Å²) in [6, 6.07) is 9.36. The molecule has 0 aliphatic heterocycles. The van der Waals surface area contributed by atoms with E-state index >= 15 is 0 Å². The summed E-state index contributed by atoms with van der Waals surface area (Å²) in [7, 11) is 0. The first-order valence-electron chi connectivity index (χ1n) is 8.17. The van der Waals surface area contributed by atoms with E-state index in [2.05, 4.69) is 10.6 Å². The van der Waals surface area contributed by atoms with E-state index in [4.69, 9.17) is 4.74 Å². The Morgan fingerprint density at radius 3 is 2.36 bits per heavy atom. The van der Waals surface area contributed by atoms with Gasteiger partial charge in [0.25, 0.3) is 0 Å². The van der Waals surface area contributed by atoms with Gasteiger partial charge in [0.1, 0.15) is 6.61 Å². The van der Waals surface area contributed by atoms with E-state index in [1.54, 1.807) is 0 Å². The lowest BCUT2D eigenvalue weighted by atomic mass is 10.00. The van der Waals surface area contributed by atoms with Gasteiger partial charge < -0.3 is 15.4 Å². The van der Waals surface area contributed by atoms with Gasteiger partial charge in [-0.25, -0.2) is 4.79 Å². The number of carbonyl (C=O) groups excluding carboxylic acids is 3. The summed E-state index contributed by atoms with van der Waals surface area (Å²) in [5.41, 5.74) is 0.524. The Balaban J connectivity index is 2.06. The Morgan fingerprint density at radius 2 is 1.72 bits per heavy atom. The maximum absolute atomic E-state index is 11.7. The zero-order valence-corrected chi connectivity index (χ0v) is 15.8. The number of amides is 2. The molecule has 2 amide bonds. The molecular formula is C18H26N2O4S. The fourth-order valence-electron chi connectivity index (χ4n) is 1.69. The molecule has 0 heterocycles. The van der Waals surface area contributed by atoms with E-state index in [-0.39, 0.29) is 36.0 Å². The molecule has 25 heavy (non-hydrogen) atoms. The summed E-state index contributed by atoms with van der Waals surface area (Å²) in [6.07, 6.45) is -0.388. The highest BCUT2D eigenvalue weighted by atomic mass is 32.2. The molecule has 0 unspecified atom stereocenters. The van der Waals surface area contributed by atoms with Crippen LogP contribution in [0.2, 0.25) is 0 Å². The minimum atomic E-state index is -0.553. The van der Waals surface area contributed by atoms with Gasteiger partial charge in [-0.15, -0.1) is 0 Å². The second-order valence-electron chi connectivity index (χ2n) is 6.47. The predicted octanol–water partition coefficient (Wildman–Crippen LogP) is 2.73. The molecule has 0 aliphatic rings. The Morgan fingerprint density at radius 1 is 1.04 bits per heavy atom. The predicted molar refractivity (Wildman–Crippen MR) is 99.2 cm³/mol. The molecule has 2 N–H and O–H groups in total.